The summed E-state index contributed by atoms with van der Waals surface area (Å²) in [6.07, 6.45) is 1.95. The molecule has 3 aromatic rings. The van der Waals surface area contributed by atoms with Crippen LogP contribution < -0.4 is 4.74 Å². The van der Waals surface area contributed by atoms with E-state index >= 15 is 0 Å². The number of phenolic OH excluding ortho intramolecular Hbond substituents is 1. The second-order valence-electron chi connectivity index (χ2n) is 8.07. The Balaban J connectivity index is 1.46. The van der Waals surface area contributed by atoms with E-state index in [1.807, 2.05) is 26.0 Å². The normalized spacial score (nSPS) is 15.6. The zero-order chi connectivity index (χ0) is 22.5. The third-order valence-electron chi connectivity index (χ3n) is 5.75. The molecule has 0 saturated carbocycles. The maximum absolute atomic E-state index is 13.3. The van der Waals surface area contributed by atoms with Crippen molar-refractivity contribution < 1.29 is 23.9 Å². The third kappa shape index (κ3) is 5.11. The van der Waals surface area contributed by atoms with E-state index in [0.29, 0.717) is 36.6 Å². The first-order chi connectivity index (χ1) is 15.5. The highest BCUT2D eigenvalue weighted by Gasteiger charge is 2.24. The summed E-state index contributed by atoms with van der Waals surface area (Å²) in [6.45, 7) is 5.61. The van der Waals surface area contributed by atoms with E-state index < -0.39 is 0 Å². The SMILES string of the molecule is Cc1noc(C)c1COc1ccc(C(=O)N(Cc2ccccc2O)CC2CCCO2)cc1. The molecule has 7 nitrogen and oxygen atoms in total. The summed E-state index contributed by atoms with van der Waals surface area (Å²) in [5.74, 6) is 1.47. The van der Waals surface area contributed by atoms with Gasteiger partial charge in [0.15, 0.2) is 0 Å². The van der Waals surface area contributed by atoms with E-state index in [0.717, 1.165) is 36.5 Å². The van der Waals surface area contributed by atoms with Gasteiger partial charge in [-0.2, -0.15) is 0 Å². The lowest BCUT2D eigenvalue weighted by Crippen LogP contribution is -2.37. The van der Waals surface area contributed by atoms with Gasteiger partial charge in [0.2, 0.25) is 0 Å². The van der Waals surface area contributed by atoms with Gasteiger partial charge >= 0.3 is 0 Å². The maximum atomic E-state index is 13.3. The summed E-state index contributed by atoms with van der Waals surface area (Å²) in [5, 5.41) is 14.1. The fraction of sp³-hybridized carbons (Fsp3) is 0.360. The van der Waals surface area contributed by atoms with Gasteiger partial charge in [0.05, 0.1) is 17.4 Å². The van der Waals surface area contributed by atoms with Gasteiger partial charge in [-0.3, -0.25) is 4.79 Å². The smallest absolute Gasteiger partial charge is 0.254 e. The predicted molar refractivity (Wildman–Crippen MR) is 119 cm³/mol. The first-order valence-electron chi connectivity index (χ1n) is 10.8. The molecule has 32 heavy (non-hydrogen) atoms. The molecule has 1 saturated heterocycles. The van der Waals surface area contributed by atoms with Gasteiger partial charge in [-0.05, 0) is 57.0 Å². The van der Waals surface area contributed by atoms with Crippen molar-refractivity contribution in [2.45, 2.75) is 45.9 Å². The van der Waals surface area contributed by atoms with Crippen molar-refractivity contribution in [2.24, 2.45) is 0 Å². The Hall–Kier alpha value is -3.32. The molecule has 2 heterocycles. The zero-order valence-corrected chi connectivity index (χ0v) is 18.4. The molecule has 1 aliphatic rings. The fourth-order valence-electron chi connectivity index (χ4n) is 3.84. The van der Waals surface area contributed by atoms with Crippen LogP contribution in [0.25, 0.3) is 0 Å². The molecular formula is C25H28N2O5. The van der Waals surface area contributed by atoms with Crippen LogP contribution in [-0.4, -0.2) is 40.3 Å². The first-order valence-corrected chi connectivity index (χ1v) is 10.8. The van der Waals surface area contributed by atoms with Crippen LogP contribution in [0.4, 0.5) is 0 Å². The number of phenols is 1. The Morgan fingerprint density at radius 2 is 1.97 bits per heavy atom. The lowest BCUT2D eigenvalue weighted by molar-refractivity contribution is 0.0506. The first kappa shape index (κ1) is 21.9. The number of amides is 1. The van der Waals surface area contributed by atoms with Crippen LogP contribution in [0.3, 0.4) is 0 Å². The number of benzene rings is 2. The van der Waals surface area contributed by atoms with E-state index in [2.05, 4.69) is 5.16 Å². The number of para-hydroxylation sites is 1. The van der Waals surface area contributed by atoms with Crippen molar-refractivity contribution in [3.63, 3.8) is 0 Å². The molecule has 1 aromatic heterocycles. The fourth-order valence-corrected chi connectivity index (χ4v) is 3.84. The Bertz CT molecular complexity index is 1030. The van der Waals surface area contributed by atoms with Gasteiger partial charge in [-0.15, -0.1) is 0 Å². The van der Waals surface area contributed by atoms with Crippen LogP contribution in [0.5, 0.6) is 11.5 Å². The van der Waals surface area contributed by atoms with Crippen molar-refractivity contribution in [3.8, 4) is 11.5 Å². The summed E-state index contributed by atoms with van der Waals surface area (Å²) < 4.78 is 16.8. The van der Waals surface area contributed by atoms with Crippen LogP contribution in [-0.2, 0) is 17.9 Å². The maximum Gasteiger partial charge on any atom is 0.254 e. The number of nitrogens with zero attached hydrogens (tertiary/aromatic N) is 2. The quantitative estimate of drug-likeness (QED) is 0.563. The molecule has 1 atom stereocenters. The molecule has 168 valence electrons. The average molecular weight is 437 g/mol. The zero-order valence-electron chi connectivity index (χ0n) is 18.4. The third-order valence-corrected chi connectivity index (χ3v) is 5.75. The number of carbonyl (C=O) groups excluding carboxylic acids is 1. The standard InChI is InChI=1S/C25H28N2O5/c1-17-23(18(2)32-26-17)16-31-21-11-9-19(10-12-21)25(29)27(15-22-7-5-13-30-22)14-20-6-3-4-8-24(20)28/h3-4,6,8-12,22,28H,5,7,13-16H2,1-2H3. The molecule has 1 fully saturated rings. The van der Waals surface area contributed by atoms with Crippen molar-refractivity contribution in [2.75, 3.05) is 13.2 Å². The largest absolute Gasteiger partial charge is 0.508 e. The van der Waals surface area contributed by atoms with E-state index in [9.17, 15) is 9.90 Å². The van der Waals surface area contributed by atoms with E-state index in [1.54, 1.807) is 41.3 Å². The van der Waals surface area contributed by atoms with Gasteiger partial charge < -0.3 is 24.0 Å². The number of aryl methyl sites for hydroxylation is 2. The van der Waals surface area contributed by atoms with Crippen LogP contribution in [0.2, 0.25) is 0 Å². The molecule has 0 aliphatic carbocycles. The molecule has 1 aliphatic heterocycles. The van der Waals surface area contributed by atoms with Gasteiger partial charge in [0.25, 0.3) is 5.91 Å². The van der Waals surface area contributed by atoms with E-state index in [4.69, 9.17) is 14.0 Å². The molecule has 4 rings (SSSR count). The van der Waals surface area contributed by atoms with Crippen molar-refractivity contribution >= 4 is 5.91 Å². The number of hydrogen-bond donors (Lipinski definition) is 1. The van der Waals surface area contributed by atoms with Gasteiger partial charge in [-0.25, -0.2) is 0 Å². The molecule has 0 bridgehead atoms. The Morgan fingerprint density at radius 1 is 1.19 bits per heavy atom. The Labute approximate surface area is 187 Å². The molecular weight excluding hydrogens is 408 g/mol. The highest BCUT2D eigenvalue weighted by molar-refractivity contribution is 5.94. The molecule has 1 unspecified atom stereocenters. The van der Waals surface area contributed by atoms with Crippen LogP contribution in [0.1, 0.15) is 45.8 Å². The van der Waals surface area contributed by atoms with Crippen LogP contribution in [0, 0.1) is 13.8 Å². The number of aromatic hydroxyl groups is 1. The van der Waals surface area contributed by atoms with E-state index in [1.165, 1.54) is 0 Å². The van der Waals surface area contributed by atoms with Crippen LogP contribution in [0.15, 0.2) is 53.1 Å². The van der Waals surface area contributed by atoms with Crippen molar-refractivity contribution in [1.82, 2.24) is 10.1 Å². The van der Waals surface area contributed by atoms with Gasteiger partial charge in [-0.1, -0.05) is 23.4 Å². The number of hydrogen-bond acceptors (Lipinski definition) is 6. The average Bonchev–Trinajstić information content (AvgIpc) is 3.43. The topological polar surface area (TPSA) is 85.0 Å². The van der Waals surface area contributed by atoms with Gasteiger partial charge in [0.1, 0.15) is 23.9 Å². The monoisotopic (exact) mass is 436 g/mol. The van der Waals surface area contributed by atoms with Crippen molar-refractivity contribution in [3.05, 3.63) is 76.7 Å². The lowest BCUT2D eigenvalue weighted by atomic mass is 10.1. The second-order valence-corrected chi connectivity index (χ2v) is 8.07. The predicted octanol–water partition coefficient (Wildman–Crippen LogP) is 4.40. The number of rotatable bonds is 8. The molecule has 7 heteroatoms. The van der Waals surface area contributed by atoms with Crippen LogP contribution >= 0.6 is 0 Å². The highest BCUT2D eigenvalue weighted by atomic mass is 16.5. The number of carbonyl (C=O) groups is 1. The molecule has 1 amide bonds. The summed E-state index contributed by atoms with van der Waals surface area (Å²) in [6, 6.07) is 14.2. The highest BCUT2D eigenvalue weighted by Crippen LogP contribution is 2.23. The summed E-state index contributed by atoms with van der Waals surface area (Å²) >= 11 is 0. The Kier molecular flexibility index (Phi) is 6.75. The molecule has 0 radical (unpaired) electrons. The molecule has 0 spiro atoms. The minimum absolute atomic E-state index is 0.0162. The Morgan fingerprint density at radius 3 is 2.62 bits per heavy atom. The van der Waals surface area contributed by atoms with Gasteiger partial charge in [0, 0.05) is 30.8 Å². The summed E-state index contributed by atoms with van der Waals surface area (Å²) in [7, 11) is 0. The number of aromatic nitrogens is 1. The summed E-state index contributed by atoms with van der Waals surface area (Å²) in [5.41, 5.74) is 3.00. The van der Waals surface area contributed by atoms with Crippen molar-refractivity contribution in [1.29, 1.82) is 0 Å². The summed E-state index contributed by atoms with van der Waals surface area (Å²) in [4.78, 5) is 15.1. The molecule has 2 aromatic carbocycles. The molecule has 1 N–H and O–H groups in total. The second kappa shape index (κ2) is 9.87. The number of ether oxygens (including phenoxy) is 2. The lowest BCUT2D eigenvalue weighted by Gasteiger charge is -2.26. The minimum atomic E-state index is -0.110. The minimum Gasteiger partial charge on any atom is -0.508 e. The van der Waals surface area contributed by atoms with E-state index in [-0.39, 0.29) is 17.8 Å².